The van der Waals surface area contributed by atoms with Crippen LogP contribution in [0.2, 0.25) is 0 Å². The van der Waals surface area contributed by atoms with E-state index in [4.69, 9.17) is 39.0 Å². The van der Waals surface area contributed by atoms with Crippen LogP contribution in [0.25, 0.3) is 43.9 Å². The second kappa shape index (κ2) is 42.9. The molecule has 0 atom stereocenters. The van der Waals surface area contributed by atoms with E-state index in [0.29, 0.717) is 87.0 Å². The molecule has 6 aromatic carbocycles. The Morgan fingerprint density at radius 1 is 0.500 bits per heavy atom. The van der Waals surface area contributed by atoms with Crippen LogP contribution in [0.3, 0.4) is 0 Å². The fourth-order valence-corrected chi connectivity index (χ4v) is 12.3. The summed E-state index contributed by atoms with van der Waals surface area (Å²) in [6, 6.07) is 41.3. The third-order valence-electron chi connectivity index (χ3n) is 14.6. The number of nitrogens with one attached hydrogen (secondary N) is 2. The number of H-pyrrole nitrogens is 2. The summed E-state index contributed by atoms with van der Waals surface area (Å²) in [6.45, 7) is 17.5. The number of nitrogens with two attached hydrogens (primary N) is 2. The molecule has 8 N–H and O–H groups in total. The Hall–Kier alpha value is -7.94. The van der Waals surface area contributed by atoms with Crippen molar-refractivity contribution in [3.05, 3.63) is 179 Å². The number of aromatic carboxylic acids is 2. The van der Waals surface area contributed by atoms with Gasteiger partial charge in [0.2, 0.25) is 11.0 Å². The average molecular weight is 1490 g/mol. The first-order valence-electron chi connectivity index (χ1n) is 31.2. The molecule has 552 valence electrons. The molecule has 0 spiro atoms. The van der Waals surface area contributed by atoms with Gasteiger partial charge in [-0.3, -0.25) is 0 Å². The van der Waals surface area contributed by atoms with Crippen molar-refractivity contribution in [1.82, 2.24) is 19.9 Å². The van der Waals surface area contributed by atoms with Gasteiger partial charge in [-0.15, -0.1) is 0 Å². The van der Waals surface area contributed by atoms with Gasteiger partial charge in [-0.25, -0.2) is 38.6 Å². The number of carbonyl (C=O) groups excluding carboxylic acids is 4. The zero-order chi connectivity index (χ0) is 71.5. The number of aromatic nitrogens is 6. The number of carboxylic acids is 4. The minimum atomic E-state index is -2.67. The number of carboxylic acid groups (broad SMARTS) is 4. The topological polar surface area (TPSA) is 398 Å². The number of aromatic amines is 2. The molecule has 0 saturated heterocycles. The Kier molecular flexibility index (Phi) is 38.8. The van der Waals surface area contributed by atoms with E-state index < -0.39 is 50.1 Å². The van der Waals surface area contributed by atoms with Gasteiger partial charge in [0, 0.05) is 52.6 Å². The number of rotatable bonds is 26. The Morgan fingerprint density at radius 3 is 1.05 bits per heavy atom. The summed E-state index contributed by atoms with van der Waals surface area (Å²) in [5.74, 6) is -0.133. The zero-order valence-corrected chi connectivity index (χ0v) is 64.1. The molecule has 10 rings (SSSR count). The fourth-order valence-electron chi connectivity index (χ4n) is 9.89. The van der Waals surface area contributed by atoms with Gasteiger partial charge in [0.15, 0.2) is 22.7 Å². The van der Waals surface area contributed by atoms with E-state index in [9.17, 15) is 49.8 Å². The Balaban J connectivity index is 0.000000682. The molecule has 0 saturated carbocycles. The summed E-state index contributed by atoms with van der Waals surface area (Å²) in [5.41, 5.74) is 17.5. The van der Waals surface area contributed by atoms with Crippen molar-refractivity contribution < 1.29 is 146 Å². The number of fused-ring (bicyclic) bond motifs is 6. The number of hydrogen-bond acceptors (Lipinski definition) is 22. The van der Waals surface area contributed by atoms with Gasteiger partial charge in [0.1, 0.15) is 49.3 Å². The number of pyridine rings is 2. The number of nitrogen functional groups attached to an aromatic ring is 2. The number of aliphatic hydroxyl groups is 2. The van der Waals surface area contributed by atoms with Crippen LogP contribution >= 0.6 is 15.0 Å². The largest absolute Gasteiger partial charge is 1.00 e. The van der Waals surface area contributed by atoms with Crippen molar-refractivity contribution in [2.24, 2.45) is 9.49 Å². The standard InChI is InChI=1S/C20H24NO6P.2C17H22N4O2.C16H16NO6P.4CH4.2Na/c1-21-28(2,26-17-9-3-15(4-10-17)7-13-19(22)23)27-18-11-5-16(6-12-18)8-14-20(24)25;2*1-4-23-9-13-20-14-15(21(13)10-17(2,3)22)11-7-5-6-8-12(11)19-16(14)18;1-17-24(2,22-13-7-3-11(4-8-13)15(18)19)23-14-9-5-12(6-10-14)16(20)21;;;;;;/h3-6,9-12H,7-8,13-14H2,1-2H3,(H,22,23)(H,24,25);2*5-8,22H,4,9-10H2,1-3H3,(H2,18,19);3-10H,1-2H3,(H,18,19)(H,20,21);4*1H4;;/q;;;;;;;;2*+1/p-2. The Labute approximate surface area is 653 Å². The van der Waals surface area contributed by atoms with E-state index in [2.05, 4.69) is 29.4 Å². The summed E-state index contributed by atoms with van der Waals surface area (Å²) in [5, 5.41) is 65.2. The molecular formula is C74H98N10Na2O16P2. The van der Waals surface area contributed by atoms with Gasteiger partial charge in [-0.1, -0.05) is 78.2 Å². The molecule has 4 aromatic heterocycles. The number of aliphatic carboxylic acids is 2. The maximum Gasteiger partial charge on any atom is 1.00 e. The first kappa shape index (κ1) is 94.1. The van der Waals surface area contributed by atoms with Crippen molar-refractivity contribution in [3.8, 4) is 23.0 Å². The van der Waals surface area contributed by atoms with Gasteiger partial charge < -0.3 is 88.9 Å². The van der Waals surface area contributed by atoms with Crippen molar-refractivity contribution in [2.45, 2.75) is 134 Å². The number of anilines is 2. The SMILES string of the molecule is C.C.C.C.CCOCc1[nH]c2c(N)nc3ccccc3c2[n+]1CC(C)(C)O.CCOCc1[nH]c2c(N)nc3ccccc3c2[n+]1CC(C)(C)O.CN=P(C)(Oc1ccc(C(=O)[O-])cc1)Oc1ccc(C(=O)[O-])cc1.CN=P(C)(Oc1ccc(CCC(=O)[O-])cc1)Oc1ccc(CCC(=O)[O-])cc1.[Na+].[Na+]. The van der Waals surface area contributed by atoms with E-state index in [0.717, 1.165) is 66.6 Å². The summed E-state index contributed by atoms with van der Waals surface area (Å²) < 4.78 is 47.0. The van der Waals surface area contributed by atoms with Crippen molar-refractivity contribution in [1.29, 1.82) is 0 Å². The van der Waals surface area contributed by atoms with Gasteiger partial charge in [0.05, 0.1) is 44.9 Å². The van der Waals surface area contributed by atoms with E-state index in [1.54, 1.807) is 104 Å². The molecule has 4 heterocycles. The molecule has 0 aliphatic rings. The van der Waals surface area contributed by atoms with Crippen molar-refractivity contribution in [3.63, 3.8) is 0 Å². The Bertz CT molecular complexity index is 4250. The van der Waals surface area contributed by atoms with Crippen LogP contribution in [-0.4, -0.2) is 106 Å². The molecule has 30 heteroatoms. The number of carbonyl (C=O) groups is 4. The molecular weight excluding hydrogens is 1390 g/mol. The molecule has 0 amide bonds. The maximum absolute atomic E-state index is 10.7. The van der Waals surface area contributed by atoms with Crippen LogP contribution in [-0.2, 0) is 58.2 Å². The predicted molar refractivity (Wildman–Crippen MR) is 393 cm³/mol. The molecule has 0 aliphatic heterocycles. The van der Waals surface area contributed by atoms with E-state index in [1.807, 2.05) is 71.5 Å². The smallest absolute Gasteiger partial charge is 0.550 e. The molecule has 0 fully saturated rings. The van der Waals surface area contributed by atoms with E-state index in [-0.39, 0.29) is 113 Å². The molecule has 0 bridgehead atoms. The molecule has 0 unspecified atom stereocenters. The third kappa shape index (κ3) is 27.5. The minimum absolute atomic E-state index is 0. The monoisotopic (exact) mass is 1490 g/mol. The fraction of sp³-hybridized carbons (Fsp3) is 0.351. The van der Waals surface area contributed by atoms with Crippen molar-refractivity contribution >= 4 is 94.4 Å². The van der Waals surface area contributed by atoms with Gasteiger partial charge >= 0.3 is 74.1 Å². The molecule has 0 radical (unpaired) electrons. The van der Waals surface area contributed by atoms with E-state index in [1.165, 1.54) is 48.5 Å². The molecule has 10 aromatic rings. The Morgan fingerprint density at radius 2 is 0.788 bits per heavy atom. The third-order valence-corrected chi connectivity index (χ3v) is 18.2. The van der Waals surface area contributed by atoms with Gasteiger partial charge in [0.25, 0.3) is 11.6 Å². The van der Waals surface area contributed by atoms with Crippen LogP contribution < -0.4 is 118 Å². The van der Waals surface area contributed by atoms with Gasteiger partial charge in [-0.2, -0.15) is 0 Å². The summed E-state index contributed by atoms with van der Waals surface area (Å²) in [6.07, 6.45) is 0.733. The van der Waals surface area contributed by atoms with Gasteiger partial charge in [-0.05, 0) is 187 Å². The first-order chi connectivity index (χ1) is 46.4. The summed E-state index contributed by atoms with van der Waals surface area (Å²) >= 11 is 0. The predicted octanol–water partition coefficient (Wildman–Crippen LogP) is 3.30. The number of benzene rings is 6. The number of para-hydroxylation sites is 2. The number of imidazole rings is 2. The minimum Gasteiger partial charge on any atom is -0.550 e. The van der Waals surface area contributed by atoms with Crippen LogP contribution in [0.1, 0.15) is 128 Å². The first-order valence-corrected chi connectivity index (χ1v) is 35.2. The molecule has 0 aliphatic carbocycles. The second-order valence-electron chi connectivity index (χ2n) is 23.7. The quantitative estimate of drug-likeness (QED) is 0.0257. The molecule has 26 nitrogen and oxygen atoms in total. The van der Waals surface area contributed by atoms with Crippen LogP contribution in [0.15, 0.2) is 155 Å². The van der Waals surface area contributed by atoms with Crippen LogP contribution in [0.4, 0.5) is 11.6 Å². The average Bonchev–Trinajstić information content (AvgIpc) is 1.63. The second-order valence-corrected chi connectivity index (χ2v) is 28.5. The number of ether oxygens (including phenoxy) is 2. The maximum atomic E-state index is 10.7. The number of hydrogen-bond donors (Lipinski definition) is 6. The van der Waals surface area contributed by atoms with Crippen LogP contribution in [0, 0.1) is 0 Å². The zero-order valence-electron chi connectivity index (χ0n) is 58.3. The van der Waals surface area contributed by atoms with Crippen LogP contribution in [0.5, 0.6) is 23.0 Å². The van der Waals surface area contributed by atoms with Crippen molar-refractivity contribution in [2.75, 3.05) is 52.1 Å². The number of aryl methyl sites for hydroxylation is 2. The molecule has 104 heavy (non-hydrogen) atoms. The normalized spacial score (nSPS) is 10.9. The number of nitrogens with zero attached hydrogens (tertiary/aromatic N) is 6. The summed E-state index contributed by atoms with van der Waals surface area (Å²) in [7, 11) is -2.08. The van der Waals surface area contributed by atoms with E-state index >= 15 is 0 Å². The summed E-state index contributed by atoms with van der Waals surface area (Å²) in [4.78, 5) is 58.1.